The minimum absolute atomic E-state index is 0.113. The fourth-order valence-electron chi connectivity index (χ4n) is 2.01. The van der Waals surface area contributed by atoms with Gasteiger partial charge in [0.15, 0.2) is 0 Å². The van der Waals surface area contributed by atoms with Crippen LogP contribution in [-0.2, 0) is 9.53 Å². The van der Waals surface area contributed by atoms with E-state index in [0.29, 0.717) is 6.54 Å². The second-order valence-electron chi connectivity index (χ2n) is 4.99. The Hall–Kier alpha value is -2.04. The van der Waals surface area contributed by atoms with Crippen molar-refractivity contribution in [1.82, 2.24) is 10.6 Å². The van der Waals surface area contributed by atoms with E-state index >= 15 is 0 Å². The highest BCUT2D eigenvalue weighted by Crippen LogP contribution is 2.17. The second kappa shape index (κ2) is 9.00. The summed E-state index contributed by atoms with van der Waals surface area (Å²) in [5, 5.41) is 5.50. The van der Waals surface area contributed by atoms with Crippen LogP contribution in [0.3, 0.4) is 0 Å². The average Bonchev–Trinajstić information content (AvgIpc) is 2.44. The van der Waals surface area contributed by atoms with Gasteiger partial charge in [0.1, 0.15) is 6.61 Å². The molecule has 0 saturated heterocycles. The first-order valence-electron chi connectivity index (χ1n) is 7.27. The molecule has 0 aliphatic heterocycles. The van der Waals surface area contributed by atoms with Crippen LogP contribution in [0.2, 0.25) is 0 Å². The van der Waals surface area contributed by atoms with Crippen molar-refractivity contribution in [2.45, 2.75) is 39.7 Å². The molecule has 0 aliphatic rings. The Morgan fingerprint density at radius 3 is 2.62 bits per heavy atom. The van der Waals surface area contributed by atoms with E-state index in [1.165, 1.54) is 6.92 Å². The molecule has 1 rings (SSSR count). The molecule has 0 bridgehead atoms. The maximum absolute atomic E-state index is 11.6. The lowest BCUT2D eigenvalue weighted by molar-refractivity contribution is -0.120. The SMILES string of the molecule is CCCCNC(=O)OC[C@@H](NC(C)=O)c1ccccc1C. The summed E-state index contributed by atoms with van der Waals surface area (Å²) in [7, 11) is 0. The zero-order valence-electron chi connectivity index (χ0n) is 12.9. The Morgan fingerprint density at radius 2 is 2.00 bits per heavy atom. The maximum atomic E-state index is 11.6. The summed E-state index contributed by atoms with van der Waals surface area (Å²) in [6.45, 7) is 6.18. The summed E-state index contributed by atoms with van der Waals surface area (Å²) >= 11 is 0. The molecule has 1 atom stereocenters. The van der Waals surface area contributed by atoms with E-state index in [1.807, 2.05) is 31.2 Å². The van der Waals surface area contributed by atoms with Gasteiger partial charge in [-0.3, -0.25) is 4.79 Å². The molecule has 0 aromatic heterocycles. The predicted molar refractivity (Wildman–Crippen MR) is 82.0 cm³/mol. The number of carbonyl (C=O) groups is 2. The highest BCUT2D eigenvalue weighted by molar-refractivity contribution is 5.73. The zero-order chi connectivity index (χ0) is 15.7. The molecule has 0 heterocycles. The van der Waals surface area contributed by atoms with Gasteiger partial charge < -0.3 is 15.4 Å². The van der Waals surface area contributed by atoms with Crippen LogP contribution in [0.5, 0.6) is 0 Å². The fourth-order valence-corrected chi connectivity index (χ4v) is 2.01. The van der Waals surface area contributed by atoms with E-state index in [2.05, 4.69) is 17.6 Å². The molecule has 0 aliphatic carbocycles. The number of rotatable bonds is 7. The van der Waals surface area contributed by atoms with Crippen LogP contribution in [0, 0.1) is 6.92 Å². The topological polar surface area (TPSA) is 67.4 Å². The van der Waals surface area contributed by atoms with Crippen LogP contribution in [0.25, 0.3) is 0 Å². The standard InChI is InChI=1S/C16H24N2O3/c1-4-5-10-17-16(20)21-11-15(18-13(3)19)14-9-7-6-8-12(14)2/h6-9,15H,4-5,10-11H2,1-3H3,(H,17,20)(H,18,19)/t15-/m1/s1. The number of benzene rings is 1. The van der Waals surface area contributed by atoms with Crippen LogP contribution in [-0.4, -0.2) is 25.2 Å². The molecular formula is C16H24N2O3. The fraction of sp³-hybridized carbons (Fsp3) is 0.500. The molecule has 5 heteroatoms. The van der Waals surface area contributed by atoms with Gasteiger partial charge >= 0.3 is 6.09 Å². The van der Waals surface area contributed by atoms with Gasteiger partial charge in [-0.05, 0) is 24.5 Å². The number of carbonyl (C=O) groups excluding carboxylic acids is 2. The number of hydrogen-bond donors (Lipinski definition) is 2. The quantitative estimate of drug-likeness (QED) is 0.759. The normalized spacial score (nSPS) is 11.6. The second-order valence-corrected chi connectivity index (χ2v) is 4.99. The van der Waals surface area contributed by atoms with E-state index in [1.54, 1.807) is 0 Å². The van der Waals surface area contributed by atoms with Crippen molar-refractivity contribution in [1.29, 1.82) is 0 Å². The molecule has 0 fully saturated rings. The van der Waals surface area contributed by atoms with Gasteiger partial charge in [0.05, 0.1) is 6.04 Å². The van der Waals surface area contributed by atoms with Crippen molar-refractivity contribution in [3.63, 3.8) is 0 Å². The minimum atomic E-state index is -0.451. The van der Waals surface area contributed by atoms with Crippen molar-refractivity contribution in [3.8, 4) is 0 Å². The van der Waals surface area contributed by atoms with Gasteiger partial charge in [-0.2, -0.15) is 0 Å². The molecule has 1 aromatic rings. The third-order valence-corrected chi connectivity index (χ3v) is 3.12. The number of hydrogen-bond acceptors (Lipinski definition) is 3. The summed E-state index contributed by atoms with van der Waals surface area (Å²) in [5.41, 5.74) is 2.00. The summed E-state index contributed by atoms with van der Waals surface area (Å²) in [6, 6.07) is 7.39. The first-order valence-corrected chi connectivity index (χ1v) is 7.27. The first kappa shape index (κ1) is 17.0. The van der Waals surface area contributed by atoms with Crippen LogP contribution < -0.4 is 10.6 Å². The lowest BCUT2D eigenvalue weighted by atomic mass is 10.0. The highest BCUT2D eigenvalue weighted by atomic mass is 16.5. The van der Waals surface area contributed by atoms with Crippen LogP contribution >= 0.6 is 0 Å². The molecule has 21 heavy (non-hydrogen) atoms. The molecule has 0 saturated carbocycles. The van der Waals surface area contributed by atoms with Crippen molar-refractivity contribution in [3.05, 3.63) is 35.4 Å². The largest absolute Gasteiger partial charge is 0.447 e. The van der Waals surface area contributed by atoms with E-state index in [-0.39, 0.29) is 18.6 Å². The van der Waals surface area contributed by atoms with Crippen molar-refractivity contribution < 1.29 is 14.3 Å². The first-order chi connectivity index (χ1) is 10.0. The van der Waals surface area contributed by atoms with Crippen molar-refractivity contribution >= 4 is 12.0 Å². The number of amides is 2. The Bertz CT molecular complexity index is 474. The van der Waals surface area contributed by atoms with Crippen LogP contribution in [0.1, 0.15) is 43.9 Å². The molecule has 0 radical (unpaired) electrons. The molecule has 2 amide bonds. The predicted octanol–water partition coefficient (Wildman–Crippen LogP) is 2.70. The summed E-state index contributed by atoms with van der Waals surface area (Å²) in [4.78, 5) is 22.9. The lowest BCUT2D eigenvalue weighted by Crippen LogP contribution is -2.33. The smallest absolute Gasteiger partial charge is 0.407 e. The van der Waals surface area contributed by atoms with Gasteiger partial charge in [0.2, 0.25) is 5.91 Å². The van der Waals surface area contributed by atoms with Gasteiger partial charge in [-0.25, -0.2) is 4.79 Å². The summed E-state index contributed by atoms with van der Waals surface area (Å²) < 4.78 is 5.20. The van der Waals surface area contributed by atoms with Gasteiger partial charge in [0.25, 0.3) is 0 Å². The number of ether oxygens (including phenoxy) is 1. The molecule has 5 nitrogen and oxygen atoms in total. The Labute approximate surface area is 126 Å². The highest BCUT2D eigenvalue weighted by Gasteiger charge is 2.16. The molecule has 116 valence electrons. The Morgan fingerprint density at radius 1 is 1.29 bits per heavy atom. The van der Waals surface area contributed by atoms with E-state index in [4.69, 9.17) is 4.74 Å². The van der Waals surface area contributed by atoms with E-state index < -0.39 is 6.09 Å². The number of nitrogens with one attached hydrogen (secondary N) is 2. The molecule has 0 spiro atoms. The monoisotopic (exact) mass is 292 g/mol. The van der Waals surface area contributed by atoms with E-state index in [0.717, 1.165) is 24.0 Å². The lowest BCUT2D eigenvalue weighted by Gasteiger charge is -2.20. The van der Waals surface area contributed by atoms with Crippen molar-refractivity contribution in [2.75, 3.05) is 13.2 Å². The third-order valence-electron chi connectivity index (χ3n) is 3.12. The Kier molecular flexibility index (Phi) is 7.29. The summed E-state index contributed by atoms with van der Waals surface area (Å²) in [5.74, 6) is -0.154. The van der Waals surface area contributed by atoms with E-state index in [9.17, 15) is 9.59 Å². The number of alkyl carbamates (subject to hydrolysis) is 1. The zero-order valence-corrected chi connectivity index (χ0v) is 12.9. The molecule has 1 aromatic carbocycles. The summed E-state index contributed by atoms with van der Waals surface area (Å²) in [6.07, 6.45) is 1.48. The molecular weight excluding hydrogens is 268 g/mol. The van der Waals surface area contributed by atoms with Gasteiger partial charge in [-0.1, -0.05) is 37.6 Å². The van der Waals surface area contributed by atoms with Gasteiger partial charge in [-0.15, -0.1) is 0 Å². The van der Waals surface area contributed by atoms with Gasteiger partial charge in [0, 0.05) is 13.5 Å². The third kappa shape index (κ3) is 6.29. The van der Waals surface area contributed by atoms with Crippen LogP contribution in [0.15, 0.2) is 24.3 Å². The Balaban J connectivity index is 2.61. The maximum Gasteiger partial charge on any atom is 0.407 e. The molecule has 2 N–H and O–H groups in total. The molecule has 0 unspecified atom stereocenters. The number of aryl methyl sites for hydroxylation is 1. The number of unbranched alkanes of at least 4 members (excludes halogenated alkanes) is 1. The van der Waals surface area contributed by atoms with Crippen molar-refractivity contribution in [2.24, 2.45) is 0 Å². The van der Waals surface area contributed by atoms with Crippen LogP contribution in [0.4, 0.5) is 4.79 Å². The minimum Gasteiger partial charge on any atom is -0.447 e. The average molecular weight is 292 g/mol.